The van der Waals surface area contributed by atoms with E-state index in [0.29, 0.717) is 19.1 Å². The molecule has 4 rings (SSSR count). The molecule has 1 saturated carbocycles. The minimum absolute atomic E-state index is 0.224. The molecule has 6 heteroatoms. The van der Waals surface area contributed by atoms with Gasteiger partial charge in [-0.1, -0.05) is 12.1 Å². The number of benzene rings is 1. The molecule has 0 bridgehead atoms. The molecule has 0 unspecified atom stereocenters. The molecule has 1 aliphatic carbocycles. The largest absolute Gasteiger partial charge is 0.493 e. The number of aromatic nitrogens is 1. The molecular weight excluding hydrogens is 380 g/mol. The van der Waals surface area contributed by atoms with E-state index in [1.807, 2.05) is 25.1 Å². The van der Waals surface area contributed by atoms with E-state index in [0.717, 1.165) is 55.2 Å². The molecule has 2 heterocycles. The summed E-state index contributed by atoms with van der Waals surface area (Å²) in [7, 11) is 3.31. The van der Waals surface area contributed by atoms with E-state index < -0.39 is 5.60 Å². The van der Waals surface area contributed by atoms with E-state index in [4.69, 9.17) is 14.2 Å². The Balaban J connectivity index is 1.46. The Hall–Kier alpha value is -2.15. The fourth-order valence-corrected chi connectivity index (χ4v) is 5.17. The van der Waals surface area contributed by atoms with Gasteiger partial charge in [0.2, 0.25) is 0 Å². The molecule has 162 valence electrons. The highest BCUT2D eigenvalue weighted by Gasteiger charge is 2.53. The van der Waals surface area contributed by atoms with Crippen molar-refractivity contribution in [3.8, 4) is 11.5 Å². The quantitative estimate of drug-likeness (QED) is 0.672. The number of hydrogen-bond acceptors (Lipinski definition) is 6. The van der Waals surface area contributed by atoms with Crippen LogP contribution in [-0.4, -0.2) is 55.5 Å². The maximum absolute atomic E-state index is 11.6. The van der Waals surface area contributed by atoms with Gasteiger partial charge in [0, 0.05) is 38.9 Å². The summed E-state index contributed by atoms with van der Waals surface area (Å²) >= 11 is 0. The first-order valence-corrected chi connectivity index (χ1v) is 10.7. The van der Waals surface area contributed by atoms with Crippen LogP contribution in [0.25, 0.3) is 0 Å². The van der Waals surface area contributed by atoms with Gasteiger partial charge in [0.25, 0.3) is 0 Å². The van der Waals surface area contributed by atoms with Crippen molar-refractivity contribution in [1.29, 1.82) is 0 Å². The second-order valence-electron chi connectivity index (χ2n) is 8.52. The van der Waals surface area contributed by atoms with Crippen LogP contribution in [0, 0.1) is 18.8 Å². The molecule has 0 amide bonds. The average molecular weight is 413 g/mol. The van der Waals surface area contributed by atoms with E-state index >= 15 is 0 Å². The Morgan fingerprint density at radius 1 is 1.17 bits per heavy atom. The molecule has 1 aromatic carbocycles. The van der Waals surface area contributed by atoms with Crippen LogP contribution < -0.4 is 9.47 Å². The predicted octanol–water partition coefficient (Wildman–Crippen LogP) is 3.15. The van der Waals surface area contributed by atoms with E-state index in [-0.39, 0.29) is 5.92 Å². The van der Waals surface area contributed by atoms with Gasteiger partial charge in [-0.25, -0.2) is 0 Å². The molecule has 1 aromatic heterocycles. The highest BCUT2D eigenvalue weighted by Crippen LogP contribution is 2.50. The maximum Gasteiger partial charge on any atom is 0.161 e. The molecule has 2 aliphatic rings. The molecular formula is C24H32N2O4. The summed E-state index contributed by atoms with van der Waals surface area (Å²) in [5.41, 5.74) is 2.30. The number of rotatable bonds is 8. The van der Waals surface area contributed by atoms with Crippen LogP contribution in [0.2, 0.25) is 0 Å². The third-order valence-electron chi connectivity index (χ3n) is 6.63. The van der Waals surface area contributed by atoms with E-state index in [2.05, 4.69) is 22.0 Å². The topological polar surface area (TPSA) is 64.1 Å². The summed E-state index contributed by atoms with van der Waals surface area (Å²) in [6.45, 7) is 5.78. The highest BCUT2D eigenvalue weighted by molar-refractivity contribution is 5.43. The average Bonchev–Trinajstić information content (AvgIpc) is 3.29. The summed E-state index contributed by atoms with van der Waals surface area (Å²) < 4.78 is 16.3. The number of hydrogen-bond donors (Lipinski definition) is 1. The van der Waals surface area contributed by atoms with Crippen LogP contribution in [0.4, 0.5) is 0 Å². The molecule has 1 saturated heterocycles. The molecule has 2 fully saturated rings. The first-order chi connectivity index (χ1) is 14.5. The maximum atomic E-state index is 11.6. The highest BCUT2D eigenvalue weighted by atomic mass is 16.5. The van der Waals surface area contributed by atoms with Gasteiger partial charge in [-0.3, -0.25) is 9.88 Å². The Morgan fingerprint density at radius 2 is 2.03 bits per heavy atom. The smallest absolute Gasteiger partial charge is 0.161 e. The van der Waals surface area contributed by atoms with Crippen LogP contribution in [-0.2, 0) is 16.9 Å². The molecule has 1 aliphatic heterocycles. The predicted molar refractivity (Wildman–Crippen MR) is 115 cm³/mol. The van der Waals surface area contributed by atoms with Crippen LogP contribution >= 0.6 is 0 Å². The lowest BCUT2D eigenvalue weighted by molar-refractivity contribution is -0.0114. The van der Waals surface area contributed by atoms with Gasteiger partial charge in [0.15, 0.2) is 11.5 Å². The lowest BCUT2D eigenvalue weighted by atomic mass is 9.83. The number of ether oxygens (including phenoxy) is 3. The van der Waals surface area contributed by atoms with E-state index in [9.17, 15) is 5.11 Å². The third-order valence-corrected chi connectivity index (χ3v) is 6.63. The second kappa shape index (κ2) is 8.92. The van der Waals surface area contributed by atoms with Gasteiger partial charge in [-0.05, 0) is 55.0 Å². The zero-order valence-electron chi connectivity index (χ0n) is 18.1. The first-order valence-electron chi connectivity index (χ1n) is 10.7. The molecule has 6 nitrogen and oxygen atoms in total. The lowest BCUT2D eigenvalue weighted by Crippen LogP contribution is -2.36. The number of methoxy groups -OCH3 is 2. The van der Waals surface area contributed by atoms with Crippen molar-refractivity contribution in [2.45, 2.75) is 31.9 Å². The van der Waals surface area contributed by atoms with Gasteiger partial charge in [0.05, 0.1) is 19.4 Å². The molecule has 30 heavy (non-hydrogen) atoms. The number of aliphatic hydroxyl groups is 1. The van der Waals surface area contributed by atoms with Crippen LogP contribution in [0.5, 0.6) is 11.5 Å². The van der Waals surface area contributed by atoms with Crippen LogP contribution in [0.3, 0.4) is 0 Å². The fraction of sp³-hybridized carbons (Fsp3) is 0.542. The van der Waals surface area contributed by atoms with Gasteiger partial charge < -0.3 is 19.3 Å². The second-order valence-corrected chi connectivity index (χ2v) is 8.52. The molecule has 0 spiro atoms. The first kappa shape index (κ1) is 21.1. The monoisotopic (exact) mass is 412 g/mol. The van der Waals surface area contributed by atoms with Gasteiger partial charge in [0.1, 0.15) is 12.2 Å². The SMILES string of the molecule is COCCOc1cc(CN2C[C@@H]3CC[C@](O)(c4ncccc4C)[C@H]3C2)ccc1OC. The van der Waals surface area contributed by atoms with Crippen LogP contribution in [0.1, 0.15) is 29.7 Å². The number of fused-ring (bicyclic) bond motifs is 1. The van der Waals surface area contributed by atoms with Crippen molar-refractivity contribution < 1.29 is 19.3 Å². The number of pyridine rings is 1. The lowest BCUT2D eigenvalue weighted by Gasteiger charge is -2.31. The van der Waals surface area contributed by atoms with Crippen molar-refractivity contribution >= 4 is 0 Å². The molecule has 1 N–H and O–H groups in total. The van der Waals surface area contributed by atoms with E-state index in [1.165, 1.54) is 5.56 Å². The Bertz CT molecular complexity index is 874. The standard InChI is InChI=1S/C24H32N2O4/c1-17-5-4-10-25-23(17)24(27)9-8-19-15-26(16-20(19)24)14-18-6-7-21(29-3)22(13-18)30-12-11-28-2/h4-7,10,13,19-20,27H,8-9,11-12,14-16H2,1-3H3/t19-,20-,24+/m0/s1. The fourth-order valence-electron chi connectivity index (χ4n) is 5.17. The zero-order chi connectivity index (χ0) is 21.1. The van der Waals surface area contributed by atoms with Crippen molar-refractivity contribution in [2.24, 2.45) is 11.8 Å². The van der Waals surface area contributed by atoms with Crippen molar-refractivity contribution in [2.75, 3.05) is 40.5 Å². The minimum Gasteiger partial charge on any atom is -0.493 e. The molecule has 0 radical (unpaired) electrons. The number of nitrogens with zero attached hydrogens (tertiary/aromatic N) is 2. The number of likely N-dealkylation sites (tertiary alicyclic amines) is 1. The van der Waals surface area contributed by atoms with Gasteiger partial charge in [-0.15, -0.1) is 0 Å². The number of aryl methyl sites for hydroxylation is 1. The van der Waals surface area contributed by atoms with Gasteiger partial charge >= 0.3 is 0 Å². The van der Waals surface area contributed by atoms with Gasteiger partial charge in [-0.2, -0.15) is 0 Å². The summed E-state index contributed by atoms with van der Waals surface area (Å²) in [4.78, 5) is 7.00. The van der Waals surface area contributed by atoms with Crippen molar-refractivity contribution in [3.63, 3.8) is 0 Å². The summed E-state index contributed by atoms with van der Waals surface area (Å²) in [5, 5.41) is 11.6. The van der Waals surface area contributed by atoms with E-state index in [1.54, 1.807) is 20.4 Å². The summed E-state index contributed by atoms with van der Waals surface area (Å²) in [6, 6.07) is 10.1. The van der Waals surface area contributed by atoms with Crippen LogP contribution in [0.15, 0.2) is 36.5 Å². The minimum atomic E-state index is -0.820. The Kier molecular flexibility index (Phi) is 6.27. The molecule has 2 aromatic rings. The van der Waals surface area contributed by atoms with Crippen molar-refractivity contribution in [3.05, 3.63) is 53.3 Å². The zero-order valence-corrected chi connectivity index (χ0v) is 18.1. The Morgan fingerprint density at radius 3 is 2.80 bits per heavy atom. The summed E-state index contributed by atoms with van der Waals surface area (Å²) in [6.07, 6.45) is 3.64. The summed E-state index contributed by atoms with van der Waals surface area (Å²) in [5.74, 6) is 2.20. The normalized spacial score (nSPS) is 26.0. The third kappa shape index (κ3) is 4.04. The Labute approximate surface area is 178 Å². The molecule has 3 atom stereocenters. The van der Waals surface area contributed by atoms with Crippen molar-refractivity contribution in [1.82, 2.24) is 9.88 Å².